The molecule has 1 saturated carbocycles. The van der Waals surface area contributed by atoms with Crippen molar-refractivity contribution >= 4 is 11.9 Å². The van der Waals surface area contributed by atoms with E-state index in [0.29, 0.717) is 37.2 Å². The van der Waals surface area contributed by atoms with Gasteiger partial charge in [0, 0.05) is 18.3 Å². The molecule has 0 aliphatic heterocycles. The lowest BCUT2D eigenvalue weighted by Crippen LogP contribution is -2.39. The Morgan fingerprint density at radius 1 is 1.04 bits per heavy atom. The van der Waals surface area contributed by atoms with Gasteiger partial charge in [-0.1, -0.05) is 18.2 Å². The van der Waals surface area contributed by atoms with Crippen molar-refractivity contribution in [2.45, 2.75) is 31.7 Å². The average Bonchev–Trinajstić information content (AvgIpc) is 2.63. The van der Waals surface area contributed by atoms with Crippen LogP contribution in [0.3, 0.4) is 0 Å². The summed E-state index contributed by atoms with van der Waals surface area (Å²) in [7, 11) is 0. The zero-order valence-corrected chi connectivity index (χ0v) is 13.7. The van der Waals surface area contributed by atoms with Crippen LogP contribution in [0.1, 0.15) is 36.2 Å². The van der Waals surface area contributed by atoms with Crippen LogP contribution in [0.15, 0.2) is 48.7 Å². The fourth-order valence-corrected chi connectivity index (χ4v) is 2.97. The Kier molecular flexibility index (Phi) is 5.28. The van der Waals surface area contributed by atoms with Gasteiger partial charge in [0.25, 0.3) is 5.91 Å². The fourth-order valence-electron chi connectivity index (χ4n) is 2.97. The predicted octanol–water partition coefficient (Wildman–Crippen LogP) is 3.25. The molecule has 2 N–H and O–H groups in total. The molecule has 3 rings (SSSR count). The first-order valence-corrected chi connectivity index (χ1v) is 8.34. The van der Waals surface area contributed by atoms with E-state index in [2.05, 4.69) is 10.3 Å². The van der Waals surface area contributed by atoms with Gasteiger partial charge in [-0.25, -0.2) is 0 Å². The largest absolute Gasteiger partial charge is 0.481 e. The van der Waals surface area contributed by atoms with E-state index in [-0.39, 0.29) is 23.6 Å². The van der Waals surface area contributed by atoms with Crippen LogP contribution in [0, 0.1) is 5.92 Å². The van der Waals surface area contributed by atoms with Gasteiger partial charge in [-0.3, -0.25) is 14.6 Å². The fraction of sp³-hybridized carbons (Fsp3) is 0.316. The Hall–Kier alpha value is -2.89. The molecular weight excluding hydrogens is 320 g/mol. The number of hydrogen-bond acceptors (Lipinski definition) is 4. The van der Waals surface area contributed by atoms with Gasteiger partial charge >= 0.3 is 5.97 Å². The lowest BCUT2D eigenvalue weighted by molar-refractivity contribution is -0.142. The molecule has 1 aromatic heterocycles. The molecule has 0 spiro atoms. The molecular formula is C19H20N2O4. The average molecular weight is 340 g/mol. The van der Waals surface area contributed by atoms with Gasteiger partial charge in [-0.05, 0) is 43.9 Å². The molecule has 25 heavy (non-hydrogen) atoms. The smallest absolute Gasteiger partial charge is 0.306 e. The molecule has 1 aliphatic rings. The Morgan fingerprint density at radius 2 is 1.76 bits per heavy atom. The Bertz CT molecular complexity index is 740. The third-order valence-corrected chi connectivity index (χ3v) is 4.35. The number of rotatable bonds is 5. The Morgan fingerprint density at radius 3 is 2.44 bits per heavy atom. The number of nitrogens with one attached hydrogen (secondary N) is 1. The van der Waals surface area contributed by atoms with Crippen molar-refractivity contribution in [1.82, 2.24) is 10.3 Å². The van der Waals surface area contributed by atoms with Gasteiger partial charge < -0.3 is 15.2 Å². The molecule has 0 atom stereocenters. The summed E-state index contributed by atoms with van der Waals surface area (Å²) in [6.07, 6.45) is 4.05. The van der Waals surface area contributed by atoms with E-state index in [0.717, 1.165) is 0 Å². The standard InChI is InChI=1S/C19H20N2O4/c22-18(21-14-8-6-13(7-9-14)19(23)24)17-12-16(10-11-20-17)25-15-4-2-1-3-5-15/h1-5,10-14H,6-9H2,(H,21,22)(H,23,24). The monoisotopic (exact) mass is 340 g/mol. The maximum absolute atomic E-state index is 12.4. The Labute approximate surface area is 145 Å². The molecule has 2 aromatic rings. The van der Waals surface area contributed by atoms with E-state index in [1.54, 1.807) is 12.1 Å². The molecule has 0 unspecified atom stereocenters. The van der Waals surface area contributed by atoms with Gasteiger partial charge in [-0.15, -0.1) is 0 Å². The number of ether oxygens (including phenoxy) is 1. The summed E-state index contributed by atoms with van der Waals surface area (Å²) >= 11 is 0. The van der Waals surface area contributed by atoms with Crippen LogP contribution in [0.25, 0.3) is 0 Å². The van der Waals surface area contributed by atoms with Crippen LogP contribution in [0.5, 0.6) is 11.5 Å². The molecule has 0 radical (unpaired) electrons. The SMILES string of the molecule is O=C(NC1CCC(C(=O)O)CC1)c1cc(Oc2ccccc2)ccn1. The van der Waals surface area contributed by atoms with Crippen LogP contribution in [0.4, 0.5) is 0 Å². The molecule has 1 amide bonds. The molecule has 1 fully saturated rings. The first-order valence-electron chi connectivity index (χ1n) is 8.34. The molecule has 1 heterocycles. The lowest BCUT2D eigenvalue weighted by Gasteiger charge is -2.26. The summed E-state index contributed by atoms with van der Waals surface area (Å²) in [6, 6.07) is 12.6. The first-order chi connectivity index (χ1) is 12.1. The highest BCUT2D eigenvalue weighted by atomic mass is 16.5. The number of carbonyl (C=O) groups is 2. The zero-order chi connectivity index (χ0) is 17.6. The van der Waals surface area contributed by atoms with Gasteiger partial charge in [0.05, 0.1) is 5.92 Å². The Balaban J connectivity index is 1.59. The van der Waals surface area contributed by atoms with E-state index < -0.39 is 5.97 Å². The number of pyridine rings is 1. The van der Waals surface area contributed by atoms with Crippen LogP contribution in [-0.4, -0.2) is 28.0 Å². The minimum absolute atomic E-state index is 0.0106. The lowest BCUT2D eigenvalue weighted by atomic mass is 9.86. The third kappa shape index (κ3) is 4.56. The van der Waals surface area contributed by atoms with Crippen molar-refractivity contribution in [1.29, 1.82) is 0 Å². The molecule has 6 heteroatoms. The van der Waals surface area contributed by atoms with Crippen LogP contribution in [0.2, 0.25) is 0 Å². The predicted molar refractivity (Wildman–Crippen MR) is 91.6 cm³/mol. The number of amides is 1. The summed E-state index contributed by atoms with van der Waals surface area (Å²) in [5.41, 5.74) is 0.286. The van der Waals surface area contributed by atoms with Crippen LogP contribution >= 0.6 is 0 Å². The highest BCUT2D eigenvalue weighted by molar-refractivity contribution is 5.92. The summed E-state index contributed by atoms with van der Waals surface area (Å²) in [5, 5.41) is 12.0. The minimum atomic E-state index is -0.753. The number of hydrogen-bond donors (Lipinski definition) is 2. The molecule has 130 valence electrons. The number of carboxylic acid groups (broad SMARTS) is 1. The van der Waals surface area contributed by atoms with Crippen molar-refractivity contribution in [2.75, 3.05) is 0 Å². The summed E-state index contributed by atoms with van der Waals surface area (Å²) < 4.78 is 5.71. The quantitative estimate of drug-likeness (QED) is 0.872. The van der Waals surface area contributed by atoms with Crippen molar-refractivity contribution in [3.05, 3.63) is 54.4 Å². The maximum atomic E-state index is 12.4. The second-order valence-corrected chi connectivity index (χ2v) is 6.15. The van der Waals surface area contributed by atoms with Crippen molar-refractivity contribution in [2.24, 2.45) is 5.92 Å². The van der Waals surface area contributed by atoms with E-state index in [1.165, 1.54) is 6.20 Å². The topological polar surface area (TPSA) is 88.5 Å². The van der Waals surface area contributed by atoms with E-state index in [1.807, 2.05) is 30.3 Å². The molecule has 1 aliphatic carbocycles. The third-order valence-electron chi connectivity index (χ3n) is 4.35. The maximum Gasteiger partial charge on any atom is 0.306 e. The van der Waals surface area contributed by atoms with Gasteiger partial charge in [0.1, 0.15) is 17.2 Å². The minimum Gasteiger partial charge on any atom is -0.481 e. The van der Waals surface area contributed by atoms with E-state index in [4.69, 9.17) is 9.84 Å². The number of aliphatic carboxylic acids is 1. The van der Waals surface area contributed by atoms with Gasteiger partial charge in [0.15, 0.2) is 0 Å². The number of benzene rings is 1. The zero-order valence-electron chi connectivity index (χ0n) is 13.7. The van der Waals surface area contributed by atoms with Crippen LogP contribution in [-0.2, 0) is 4.79 Å². The van der Waals surface area contributed by atoms with E-state index in [9.17, 15) is 9.59 Å². The molecule has 1 aromatic carbocycles. The number of carbonyl (C=O) groups excluding carboxylic acids is 1. The molecule has 0 bridgehead atoms. The summed E-state index contributed by atoms with van der Waals surface area (Å²) in [5.74, 6) is -0.0867. The highest BCUT2D eigenvalue weighted by Gasteiger charge is 2.27. The second-order valence-electron chi connectivity index (χ2n) is 6.15. The summed E-state index contributed by atoms with van der Waals surface area (Å²) in [6.45, 7) is 0. The van der Waals surface area contributed by atoms with Crippen molar-refractivity contribution in [3.63, 3.8) is 0 Å². The summed E-state index contributed by atoms with van der Waals surface area (Å²) in [4.78, 5) is 27.5. The normalized spacial score (nSPS) is 19.8. The molecule has 0 saturated heterocycles. The molecule has 6 nitrogen and oxygen atoms in total. The highest BCUT2D eigenvalue weighted by Crippen LogP contribution is 2.25. The van der Waals surface area contributed by atoms with Gasteiger partial charge in [0.2, 0.25) is 0 Å². The van der Waals surface area contributed by atoms with Crippen LogP contribution < -0.4 is 10.1 Å². The number of para-hydroxylation sites is 1. The van der Waals surface area contributed by atoms with Gasteiger partial charge in [-0.2, -0.15) is 0 Å². The van der Waals surface area contributed by atoms with Crippen molar-refractivity contribution < 1.29 is 19.4 Å². The number of nitrogens with zero attached hydrogens (tertiary/aromatic N) is 1. The van der Waals surface area contributed by atoms with Crippen molar-refractivity contribution in [3.8, 4) is 11.5 Å². The number of carboxylic acids is 1. The van der Waals surface area contributed by atoms with E-state index >= 15 is 0 Å². The second kappa shape index (κ2) is 7.79. The number of aromatic nitrogens is 1. The first kappa shape index (κ1) is 17.0.